The maximum Gasteiger partial charge on any atom is 0.337 e. The van der Waals surface area contributed by atoms with Crippen molar-refractivity contribution in [2.75, 3.05) is 7.11 Å². The van der Waals surface area contributed by atoms with E-state index >= 15 is 0 Å². The first-order valence-corrected chi connectivity index (χ1v) is 7.33. The zero-order valence-corrected chi connectivity index (χ0v) is 13.0. The highest BCUT2D eigenvalue weighted by Gasteiger charge is 2.11. The van der Waals surface area contributed by atoms with Crippen LogP contribution in [0.3, 0.4) is 0 Å². The normalized spacial score (nSPS) is 10.4. The largest absolute Gasteiger partial charge is 0.465 e. The Hall–Kier alpha value is -3.28. The third-order valence-corrected chi connectivity index (χ3v) is 3.55. The molecule has 120 valence electrons. The van der Waals surface area contributed by atoms with Gasteiger partial charge in [0.25, 0.3) is 5.56 Å². The Balaban J connectivity index is 2.01. The molecule has 0 atom stereocenters. The van der Waals surface area contributed by atoms with Gasteiger partial charge in [-0.15, -0.1) is 0 Å². The van der Waals surface area contributed by atoms with E-state index in [2.05, 4.69) is 14.7 Å². The summed E-state index contributed by atoms with van der Waals surface area (Å²) in [6.07, 6.45) is 3.16. The molecule has 0 spiro atoms. The molecule has 0 N–H and O–H groups in total. The highest BCUT2D eigenvalue weighted by Crippen LogP contribution is 2.17. The van der Waals surface area contributed by atoms with Crippen LogP contribution in [-0.4, -0.2) is 27.6 Å². The lowest BCUT2D eigenvalue weighted by Gasteiger charge is -2.11. The smallest absolute Gasteiger partial charge is 0.337 e. The van der Waals surface area contributed by atoms with Crippen LogP contribution in [0, 0.1) is 0 Å². The summed E-state index contributed by atoms with van der Waals surface area (Å²) in [6, 6.07) is 13.7. The molecule has 0 saturated carbocycles. The Bertz CT molecular complexity index is 903. The van der Waals surface area contributed by atoms with Crippen molar-refractivity contribution in [1.82, 2.24) is 14.5 Å². The third-order valence-electron chi connectivity index (χ3n) is 3.55. The van der Waals surface area contributed by atoms with E-state index in [1.165, 1.54) is 19.4 Å². The zero-order valence-electron chi connectivity index (χ0n) is 13.0. The minimum Gasteiger partial charge on any atom is -0.465 e. The Morgan fingerprint density at radius 1 is 1.04 bits per heavy atom. The van der Waals surface area contributed by atoms with Crippen LogP contribution >= 0.6 is 0 Å². The van der Waals surface area contributed by atoms with Gasteiger partial charge in [-0.3, -0.25) is 14.3 Å². The summed E-state index contributed by atoms with van der Waals surface area (Å²) in [5, 5.41) is 0. The molecule has 6 heteroatoms. The van der Waals surface area contributed by atoms with Gasteiger partial charge >= 0.3 is 5.97 Å². The number of esters is 1. The summed E-state index contributed by atoms with van der Waals surface area (Å²) in [6.45, 7) is 0.321. The van der Waals surface area contributed by atoms with Crippen LogP contribution in [0.25, 0.3) is 11.4 Å². The molecule has 0 radical (unpaired) electrons. The summed E-state index contributed by atoms with van der Waals surface area (Å²) < 4.78 is 6.24. The standard InChI is InChI=1S/C18H15N3O3/c1-24-18(23)14-7-5-13(6-8-14)17-20-11-9-16(22)21(17)12-15-4-2-3-10-19-15/h2-11H,12H2,1H3. The number of pyridine rings is 1. The molecule has 3 aromatic rings. The Morgan fingerprint density at radius 2 is 1.83 bits per heavy atom. The Kier molecular flexibility index (Phi) is 4.47. The van der Waals surface area contributed by atoms with E-state index in [4.69, 9.17) is 0 Å². The van der Waals surface area contributed by atoms with Gasteiger partial charge in [-0.2, -0.15) is 0 Å². The molecule has 1 aromatic carbocycles. The maximum absolute atomic E-state index is 12.3. The lowest BCUT2D eigenvalue weighted by atomic mass is 10.1. The highest BCUT2D eigenvalue weighted by atomic mass is 16.5. The van der Waals surface area contributed by atoms with Crippen molar-refractivity contribution in [2.24, 2.45) is 0 Å². The maximum atomic E-state index is 12.3. The molecule has 2 heterocycles. The van der Waals surface area contributed by atoms with Crippen LogP contribution in [0.1, 0.15) is 16.1 Å². The topological polar surface area (TPSA) is 74.1 Å². The molecule has 0 amide bonds. The number of methoxy groups -OCH3 is 1. The van der Waals surface area contributed by atoms with Crippen molar-refractivity contribution in [3.8, 4) is 11.4 Å². The van der Waals surface area contributed by atoms with E-state index in [0.717, 1.165) is 11.3 Å². The van der Waals surface area contributed by atoms with E-state index in [0.29, 0.717) is 17.9 Å². The first-order chi connectivity index (χ1) is 11.7. The molecule has 24 heavy (non-hydrogen) atoms. The summed E-state index contributed by atoms with van der Waals surface area (Å²) in [5.41, 5.74) is 1.77. The molecule has 3 rings (SSSR count). The molecular formula is C18H15N3O3. The number of nitrogens with zero attached hydrogens (tertiary/aromatic N) is 3. The second-order valence-corrected chi connectivity index (χ2v) is 5.08. The fraction of sp³-hybridized carbons (Fsp3) is 0.111. The minimum absolute atomic E-state index is 0.164. The molecular weight excluding hydrogens is 306 g/mol. The number of carbonyl (C=O) groups is 1. The number of hydrogen-bond donors (Lipinski definition) is 0. The van der Waals surface area contributed by atoms with Gasteiger partial charge in [0.05, 0.1) is 24.9 Å². The van der Waals surface area contributed by atoms with E-state index in [1.54, 1.807) is 35.0 Å². The van der Waals surface area contributed by atoms with Gasteiger partial charge in [-0.1, -0.05) is 18.2 Å². The molecule has 0 saturated heterocycles. The quantitative estimate of drug-likeness (QED) is 0.688. The number of benzene rings is 1. The number of hydrogen-bond acceptors (Lipinski definition) is 5. The van der Waals surface area contributed by atoms with Gasteiger partial charge < -0.3 is 4.74 Å². The van der Waals surface area contributed by atoms with E-state index < -0.39 is 5.97 Å². The summed E-state index contributed by atoms with van der Waals surface area (Å²) >= 11 is 0. The average Bonchev–Trinajstić information content (AvgIpc) is 2.64. The van der Waals surface area contributed by atoms with Crippen molar-refractivity contribution >= 4 is 5.97 Å². The molecule has 2 aromatic heterocycles. The van der Waals surface area contributed by atoms with Gasteiger partial charge in [-0.05, 0) is 24.3 Å². The highest BCUT2D eigenvalue weighted by molar-refractivity contribution is 5.89. The van der Waals surface area contributed by atoms with Crippen LogP contribution < -0.4 is 5.56 Å². The number of aromatic nitrogens is 3. The van der Waals surface area contributed by atoms with Crippen LogP contribution in [0.5, 0.6) is 0 Å². The predicted molar refractivity (Wildman–Crippen MR) is 88.6 cm³/mol. The lowest BCUT2D eigenvalue weighted by Crippen LogP contribution is -2.23. The minimum atomic E-state index is -0.409. The second-order valence-electron chi connectivity index (χ2n) is 5.08. The van der Waals surface area contributed by atoms with Gasteiger partial charge in [0.2, 0.25) is 0 Å². The van der Waals surface area contributed by atoms with Crippen LogP contribution in [0.2, 0.25) is 0 Å². The number of carbonyl (C=O) groups excluding carboxylic acids is 1. The summed E-state index contributed by atoms with van der Waals surface area (Å²) in [7, 11) is 1.33. The van der Waals surface area contributed by atoms with E-state index in [9.17, 15) is 9.59 Å². The lowest BCUT2D eigenvalue weighted by molar-refractivity contribution is 0.0601. The second kappa shape index (κ2) is 6.87. The first-order valence-electron chi connectivity index (χ1n) is 7.33. The van der Waals surface area contributed by atoms with Crippen molar-refractivity contribution in [2.45, 2.75) is 6.54 Å². The van der Waals surface area contributed by atoms with Gasteiger partial charge in [0.15, 0.2) is 0 Å². The van der Waals surface area contributed by atoms with Crippen LogP contribution in [-0.2, 0) is 11.3 Å². The molecule has 0 aliphatic heterocycles. The van der Waals surface area contributed by atoms with Gasteiger partial charge in [0, 0.05) is 24.0 Å². The van der Waals surface area contributed by atoms with Crippen molar-refractivity contribution in [3.05, 3.63) is 82.5 Å². The summed E-state index contributed by atoms with van der Waals surface area (Å²) in [5.74, 6) is 0.109. The van der Waals surface area contributed by atoms with Crippen molar-refractivity contribution in [1.29, 1.82) is 0 Å². The van der Waals surface area contributed by atoms with Crippen molar-refractivity contribution < 1.29 is 9.53 Å². The van der Waals surface area contributed by atoms with Crippen LogP contribution in [0.4, 0.5) is 0 Å². The Morgan fingerprint density at radius 3 is 2.50 bits per heavy atom. The molecule has 0 unspecified atom stereocenters. The van der Waals surface area contributed by atoms with Gasteiger partial charge in [-0.25, -0.2) is 9.78 Å². The third kappa shape index (κ3) is 3.22. The fourth-order valence-electron chi connectivity index (χ4n) is 2.35. The van der Waals surface area contributed by atoms with E-state index in [1.807, 2.05) is 18.2 Å². The molecule has 0 aliphatic rings. The van der Waals surface area contributed by atoms with Crippen molar-refractivity contribution in [3.63, 3.8) is 0 Å². The SMILES string of the molecule is COC(=O)c1ccc(-c2nccc(=O)n2Cc2ccccn2)cc1. The number of rotatable bonds is 4. The van der Waals surface area contributed by atoms with E-state index in [-0.39, 0.29) is 5.56 Å². The average molecular weight is 321 g/mol. The predicted octanol–water partition coefficient (Wildman–Crippen LogP) is 2.14. The number of ether oxygens (including phenoxy) is 1. The monoisotopic (exact) mass is 321 g/mol. The Labute approximate surface area is 138 Å². The van der Waals surface area contributed by atoms with Gasteiger partial charge in [0.1, 0.15) is 5.82 Å². The fourth-order valence-corrected chi connectivity index (χ4v) is 2.35. The van der Waals surface area contributed by atoms with Crippen LogP contribution in [0.15, 0.2) is 65.7 Å². The summed E-state index contributed by atoms with van der Waals surface area (Å²) in [4.78, 5) is 32.4. The molecule has 0 fully saturated rings. The molecule has 0 bridgehead atoms. The molecule has 0 aliphatic carbocycles. The molecule has 6 nitrogen and oxygen atoms in total. The zero-order chi connectivity index (χ0) is 16.9. The first kappa shape index (κ1) is 15.6.